The van der Waals surface area contributed by atoms with Crippen molar-refractivity contribution in [3.8, 4) is 0 Å². The molecule has 2 N–H and O–H groups in total. The Morgan fingerprint density at radius 2 is 2.33 bits per heavy atom. The maximum atomic E-state index is 11.3. The van der Waals surface area contributed by atoms with Gasteiger partial charge in [0.2, 0.25) is 5.91 Å². The van der Waals surface area contributed by atoms with Crippen LogP contribution in [0.2, 0.25) is 0 Å². The SMILES string of the molecule is CC(=O)[C@H](C)N1CC[C@@H](N)C1=O. The molecule has 0 aromatic rings. The summed E-state index contributed by atoms with van der Waals surface area (Å²) in [4.78, 5) is 23.8. The number of hydrogen-bond acceptors (Lipinski definition) is 3. The first kappa shape index (κ1) is 9.19. The zero-order valence-electron chi connectivity index (χ0n) is 7.41. The Kier molecular flexibility index (Phi) is 2.47. The van der Waals surface area contributed by atoms with Crippen LogP contribution in [0.1, 0.15) is 20.3 Å². The Balaban J connectivity index is 2.65. The summed E-state index contributed by atoms with van der Waals surface area (Å²) >= 11 is 0. The van der Waals surface area contributed by atoms with Gasteiger partial charge in [0.25, 0.3) is 0 Å². The van der Waals surface area contributed by atoms with Gasteiger partial charge in [0, 0.05) is 6.54 Å². The summed E-state index contributed by atoms with van der Waals surface area (Å²) in [5.41, 5.74) is 5.50. The van der Waals surface area contributed by atoms with Crippen molar-refractivity contribution in [2.45, 2.75) is 32.4 Å². The predicted molar refractivity (Wildman–Crippen MR) is 44.4 cm³/mol. The van der Waals surface area contributed by atoms with Crippen molar-refractivity contribution in [2.75, 3.05) is 6.54 Å². The maximum absolute atomic E-state index is 11.3. The monoisotopic (exact) mass is 170 g/mol. The van der Waals surface area contributed by atoms with Gasteiger partial charge < -0.3 is 10.6 Å². The first-order valence-electron chi connectivity index (χ1n) is 4.10. The second kappa shape index (κ2) is 3.23. The van der Waals surface area contributed by atoms with Crippen LogP contribution < -0.4 is 5.73 Å². The Labute approximate surface area is 71.7 Å². The van der Waals surface area contributed by atoms with Gasteiger partial charge in [-0.25, -0.2) is 0 Å². The molecule has 68 valence electrons. The largest absolute Gasteiger partial charge is 0.332 e. The molecule has 1 fully saturated rings. The summed E-state index contributed by atoms with van der Waals surface area (Å²) in [6.07, 6.45) is 0.663. The zero-order chi connectivity index (χ0) is 9.30. The number of amides is 1. The van der Waals surface area contributed by atoms with Crippen molar-refractivity contribution >= 4 is 11.7 Å². The van der Waals surface area contributed by atoms with Crippen molar-refractivity contribution in [2.24, 2.45) is 5.73 Å². The molecule has 1 aliphatic heterocycles. The molecule has 0 aromatic heterocycles. The average molecular weight is 170 g/mol. The summed E-state index contributed by atoms with van der Waals surface area (Å²) in [5, 5.41) is 0. The highest BCUT2D eigenvalue weighted by atomic mass is 16.2. The van der Waals surface area contributed by atoms with Crippen molar-refractivity contribution < 1.29 is 9.59 Å². The molecule has 1 aliphatic rings. The third-order valence-electron chi connectivity index (χ3n) is 2.34. The molecule has 4 nitrogen and oxygen atoms in total. The van der Waals surface area contributed by atoms with Crippen LogP contribution in [0.25, 0.3) is 0 Å². The van der Waals surface area contributed by atoms with Crippen LogP contribution in [0.15, 0.2) is 0 Å². The Bertz CT molecular complexity index is 215. The summed E-state index contributed by atoms with van der Waals surface area (Å²) in [6, 6.07) is -0.710. The van der Waals surface area contributed by atoms with Crippen LogP contribution in [0, 0.1) is 0 Å². The normalized spacial score (nSPS) is 26.1. The lowest BCUT2D eigenvalue weighted by molar-refractivity contribution is -0.135. The number of carbonyl (C=O) groups is 2. The molecule has 0 saturated carbocycles. The van der Waals surface area contributed by atoms with E-state index in [0.717, 1.165) is 0 Å². The fourth-order valence-electron chi connectivity index (χ4n) is 1.33. The smallest absolute Gasteiger partial charge is 0.240 e. The van der Waals surface area contributed by atoms with Crippen LogP contribution in [-0.4, -0.2) is 35.2 Å². The average Bonchev–Trinajstić information content (AvgIpc) is 2.32. The van der Waals surface area contributed by atoms with E-state index in [9.17, 15) is 9.59 Å². The minimum absolute atomic E-state index is 0.0115. The highest BCUT2D eigenvalue weighted by molar-refractivity contribution is 5.90. The van der Waals surface area contributed by atoms with Gasteiger partial charge in [-0.15, -0.1) is 0 Å². The lowest BCUT2D eigenvalue weighted by Crippen LogP contribution is -2.42. The van der Waals surface area contributed by atoms with E-state index in [1.807, 2.05) is 0 Å². The number of hydrogen-bond donors (Lipinski definition) is 1. The molecule has 1 rings (SSSR count). The topological polar surface area (TPSA) is 63.4 Å². The lowest BCUT2D eigenvalue weighted by Gasteiger charge is -2.21. The number of nitrogens with two attached hydrogens (primary N) is 1. The van der Waals surface area contributed by atoms with Gasteiger partial charge in [-0.3, -0.25) is 9.59 Å². The number of ketones is 1. The summed E-state index contributed by atoms with van der Waals surface area (Å²) in [6.45, 7) is 3.83. The van der Waals surface area contributed by atoms with Crippen molar-refractivity contribution in [1.29, 1.82) is 0 Å². The molecule has 0 aromatic carbocycles. The van der Waals surface area contributed by atoms with Crippen molar-refractivity contribution in [3.63, 3.8) is 0 Å². The molecule has 1 heterocycles. The van der Waals surface area contributed by atoms with E-state index in [2.05, 4.69) is 0 Å². The van der Waals surface area contributed by atoms with Crippen LogP contribution in [0.4, 0.5) is 0 Å². The van der Waals surface area contributed by atoms with Crippen molar-refractivity contribution in [1.82, 2.24) is 4.90 Å². The molecule has 2 atom stereocenters. The number of carbonyl (C=O) groups excluding carboxylic acids is 2. The molecular weight excluding hydrogens is 156 g/mol. The van der Waals surface area contributed by atoms with Crippen LogP contribution in [0.3, 0.4) is 0 Å². The van der Waals surface area contributed by atoms with E-state index in [-0.39, 0.29) is 17.7 Å². The molecular formula is C8H14N2O2. The van der Waals surface area contributed by atoms with E-state index in [4.69, 9.17) is 5.73 Å². The fraction of sp³-hybridized carbons (Fsp3) is 0.750. The quantitative estimate of drug-likeness (QED) is 0.609. The van der Waals surface area contributed by atoms with Crippen LogP contribution in [0.5, 0.6) is 0 Å². The maximum Gasteiger partial charge on any atom is 0.240 e. The molecule has 0 radical (unpaired) electrons. The third-order valence-corrected chi connectivity index (χ3v) is 2.34. The predicted octanol–water partition coefficient (Wildman–Crippen LogP) is -0.476. The van der Waals surface area contributed by atoms with Gasteiger partial charge in [-0.2, -0.15) is 0 Å². The highest BCUT2D eigenvalue weighted by Gasteiger charge is 2.33. The van der Waals surface area contributed by atoms with Gasteiger partial charge in [0.15, 0.2) is 5.78 Å². The number of likely N-dealkylation sites (tertiary alicyclic amines) is 1. The number of nitrogens with zero attached hydrogens (tertiary/aromatic N) is 1. The molecule has 12 heavy (non-hydrogen) atoms. The van der Waals surface area contributed by atoms with E-state index in [1.54, 1.807) is 11.8 Å². The molecule has 0 bridgehead atoms. The first-order chi connectivity index (χ1) is 5.54. The second-order valence-corrected chi connectivity index (χ2v) is 3.21. The fourth-order valence-corrected chi connectivity index (χ4v) is 1.33. The molecule has 0 aliphatic carbocycles. The van der Waals surface area contributed by atoms with E-state index in [1.165, 1.54) is 6.92 Å². The molecule has 0 spiro atoms. The molecule has 1 amide bonds. The molecule has 1 saturated heterocycles. The second-order valence-electron chi connectivity index (χ2n) is 3.21. The Morgan fingerprint density at radius 1 is 1.75 bits per heavy atom. The van der Waals surface area contributed by atoms with E-state index >= 15 is 0 Å². The van der Waals surface area contributed by atoms with Gasteiger partial charge in [-0.1, -0.05) is 0 Å². The summed E-state index contributed by atoms with van der Waals surface area (Å²) < 4.78 is 0. The first-order valence-corrected chi connectivity index (χ1v) is 4.10. The molecule has 0 unspecified atom stereocenters. The van der Waals surface area contributed by atoms with E-state index < -0.39 is 6.04 Å². The van der Waals surface area contributed by atoms with Gasteiger partial charge >= 0.3 is 0 Å². The number of rotatable bonds is 2. The van der Waals surface area contributed by atoms with Gasteiger partial charge in [0.1, 0.15) is 0 Å². The standard InChI is InChI=1S/C8H14N2O2/c1-5(6(2)11)10-4-3-7(9)8(10)12/h5,7H,3-4,9H2,1-2H3/t5-,7+/m0/s1. The van der Waals surface area contributed by atoms with Crippen LogP contribution in [-0.2, 0) is 9.59 Å². The third kappa shape index (κ3) is 1.48. The van der Waals surface area contributed by atoms with Gasteiger partial charge in [0.05, 0.1) is 12.1 Å². The summed E-state index contributed by atoms with van der Waals surface area (Å²) in [7, 11) is 0. The zero-order valence-corrected chi connectivity index (χ0v) is 7.41. The van der Waals surface area contributed by atoms with E-state index in [0.29, 0.717) is 13.0 Å². The van der Waals surface area contributed by atoms with Crippen molar-refractivity contribution in [3.05, 3.63) is 0 Å². The Hall–Kier alpha value is -0.900. The lowest BCUT2D eigenvalue weighted by atomic mass is 10.2. The number of Topliss-reactive ketones (excluding diaryl/α,β-unsaturated/α-hetero) is 1. The minimum atomic E-state index is -0.396. The van der Waals surface area contributed by atoms with Crippen LogP contribution >= 0.6 is 0 Å². The Morgan fingerprint density at radius 3 is 2.67 bits per heavy atom. The van der Waals surface area contributed by atoms with Gasteiger partial charge in [-0.05, 0) is 20.3 Å². The minimum Gasteiger partial charge on any atom is -0.332 e. The highest BCUT2D eigenvalue weighted by Crippen LogP contribution is 2.13. The summed E-state index contributed by atoms with van der Waals surface area (Å²) in [5.74, 6) is -0.0878. The molecule has 4 heteroatoms.